The van der Waals surface area contributed by atoms with E-state index in [0.717, 1.165) is 13.0 Å². The summed E-state index contributed by atoms with van der Waals surface area (Å²) in [5, 5.41) is 2.81. The number of hydrogen-bond acceptors (Lipinski definition) is 3. The molecule has 0 radical (unpaired) electrons. The van der Waals surface area contributed by atoms with Gasteiger partial charge in [-0.25, -0.2) is 4.39 Å². The lowest BCUT2D eigenvalue weighted by Gasteiger charge is -2.20. The summed E-state index contributed by atoms with van der Waals surface area (Å²) in [5.74, 6) is 1.97. The van der Waals surface area contributed by atoms with Crippen molar-refractivity contribution in [1.82, 2.24) is 4.90 Å². The zero-order chi connectivity index (χ0) is 15.4. The maximum absolute atomic E-state index is 13.3. The smallest absolute Gasteiger partial charge is 0.229 e. The summed E-state index contributed by atoms with van der Waals surface area (Å²) in [6, 6.07) is 4.17. The zero-order valence-corrected chi connectivity index (χ0v) is 12.2. The molecule has 0 bridgehead atoms. The molecule has 1 aromatic carbocycles. The fourth-order valence-electron chi connectivity index (χ4n) is 2.51. The molecule has 1 amide bonds. The molecular weight excluding hydrogens is 271 g/mol. The van der Waals surface area contributed by atoms with Crippen molar-refractivity contribution < 1.29 is 13.9 Å². The number of benzene rings is 1. The number of rotatable bonds is 4. The van der Waals surface area contributed by atoms with E-state index in [4.69, 9.17) is 11.2 Å². The van der Waals surface area contributed by atoms with Gasteiger partial charge in [-0.1, -0.05) is 5.92 Å². The summed E-state index contributed by atoms with van der Waals surface area (Å²) < 4.78 is 18.6. The van der Waals surface area contributed by atoms with Gasteiger partial charge < -0.3 is 15.0 Å². The molecular formula is C16H19FN2O2. The lowest BCUT2D eigenvalue weighted by Crippen LogP contribution is -2.33. The van der Waals surface area contributed by atoms with Crippen LogP contribution in [-0.2, 0) is 4.79 Å². The van der Waals surface area contributed by atoms with E-state index in [2.05, 4.69) is 16.1 Å². The van der Waals surface area contributed by atoms with Crippen molar-refractivity contribution in [1.29, 1.82) is 0 Å². The number of carbonyl (C=O) groups is 1. The molecule has 1 fully saturated rings. The summed E-state index contributed by atoms with van der Waals surface area (Å²) in [6.07, 6.45) is 5.95. The van der Waals surface area contributed by atoms with Crippen molar-refractivity contribution in [3.63, 3.8) is 0 Å². The number of anilines is 1. The van der Waals surface area contributed by atoms with Gasteiger partial charge in [0.15, 0.2) is 0 Å². The average Bonchev–Trinajstić information content (AvgIpc) is 2.79. The van der Waals surface area contributed by atoms with Crippen molar-refractivity contribution in [2.75, 3.05) is 25.5 Å². The lowest BCUT2D eigenvalue weighted by molar-refractivity contribution is -0.120. The van der Waals surface area contributed by atoms with Crippen molar-refractivity contribution in [2.24, 2.45) is 5.92 Å². The SMILES string of the molecule is C#CCOc1cc(F)ccc1NC(=O)[C@@H]1CCN(C)[C@H]1C. The highest BCUT2D eigenvalue weighted by atomic mass is 19.1. The molecule has 4 nitrogen and oxygen atoms in total. The van der Waals surface area contributed by atoms with E-state index in [1.165, 1.54) is 18.2 Å². The lowest BCUT2D eigenvalue weighted by atomic mass is 10.0. The molecule has 1 heterocycles. The van der Waals surface area contributed by atoms with Gasteiger partial charge in [0.2, 0.25) is 5.91 Å². The topological polar surface area (TPSA) is 41.6 Å². The number of likely N-dealkylation sites (tertiary alicyclic amines) is 1. The van der Waals surface area contributed by atoms with Crippen molar-refractivity contribution in [3.8, 4) is 18.1 Å². The maximum atomic E-state index is 13.3. The van der Waals surface area contributed by atoms with Crippen LogP contribution in [0.3, 0.4) is 0 Å². The molecule has 2 rings (SSSR count). The Balaban J connectivity index is 2.12. The second-order valence-electron chi connectivity index (χ2n) is 5.24. The average molecular weight is 290 g/mol. The van der Waals surface area contributed by atoms with E-state index < -0.39 is 5.82 Å². The van der Waals surface area contributed by atoms with Crippen molar-refractivity contribution >= 4 is 11.6 Å². The second-order valence-corrected chi connectivity index (χ2v) is 5.24. The number of ether oxygens (including phenoxy) is 1. The first kappa shape index (κ1) is 15.3. The van der Waals surface area contributed by atoms with Crippen LogP contribution in [0, 0.1) is 24.1 Å². The Hall–Kier alpha value is -2.06. The number of amides is 1. The number of terminal acetylenes is 1. The Kier molecular flexibility index (Phi) is 4.81. The molecule has 1 aliphatic rings. The van der Waals surface area contributed by atoms with Crippen LogP contribution in [0.5, 0.6) is 5.75 Å². The predicted octanol–water partition coefficient (Wildman–Crippen LogP) is 2.12. The fraction of sp³-hybridized carbons (Fsp3) is 0.438. The quantitative estimate of drug-likeness (QED) is 0.864. The van der Waals surface area contributed by atoms with Crippen LogP contribution in [0.15, 0.2) is 18.2 Å². The molecule has 1 aliphatic heterocycles. The first-order valence-electron chi connectivity index (χ1n) is 6.90. The van der Waals surface area contributed by atoms with Crippen molar-refractivity contribution in [2.45, 2.75) is 19.4 Å². The van der Waals surface area contributed by atoms with Crippen LogP contribution in [0.4, 0.5) is 10.1 Å². The highest BCUT2D eigenvalue weighted by molar-refractivity contribution is 5.94. The number of nitrogens with zero attached hydrogens (tertiary/aromatic N) is 1. The van der Waals surface area contributed by atoms with Crippen LogP contribution >= 0.6 is 0 Å². The highest BCUT2D eigenvalue weighted by Crippen LogP contribution is 2.28. The molecule has 21 heavy (non-hydrogen) atoms. The Morgan fingerprint density at radius 1 is 1.62 bits per heavy atom. The summed E-state index contributed by atoms with van der Waals surface area (Å²) in [4.78, 5) is 14.5. The van der Waals surface area contributed by atoms with E-state index >= 15 is 0 Å². The fourth-order valence-corrected chi connectivity index (χ4v) is 2.51. The molecule has 112 valence electrons. The largest absolute Gasteiger partial charge is 0.479 e. The van der Waals surface area contributed by atoms with E-state index in [9.17, 15) is 9.18 Å². The third kappa shape index (κ3) is 3.53. The first-order valence-corrected chi connectivity index (χ1v) is 6.90. The molecule has 1 N–H and O–H groups in total. The van der Waals surface area contributed by atoms with E-state index in [0.29, 0.717) is 5.69 Å². The minimum atomic E-state index is -0.436. The Morgan fingerprint density at radius 2 is 2.38 bits per heavy atom. The number of hydrogen-bond donors (Lipinski definition) is 1. The predicted molar refractivity (Wildman–Crippen MR) is 79.6 cm³/mol. The highest BCUT2D eigenvalue weighted by Gasteiger charge is 2.33. The standard InChI is InChI=1S/C16H19FN2O2/c1-4-9-21-15-10-12(17)5-6-14(15)18-16(20)13-7-8-19(3)11(13)2/h1,5-6,10-11,13H,7-9H2,2-3H3,(H,18,20)/t11-,13+/m0/s1. The molecule has 0 aromatic heterocycles. The Morgan fingerprint density at radius 3 is 3.00 bits per heavy atom. The van der Waals surface area contributed by atoms with Gasteiger partial charge in [-0.15, -0.1) is 6.42 Å². The molecule has 0 unspecified atom stereocenters. The molecule has 0 spiro atoms. The van der Waals surface area contributed by atoms with Gasteiger partial charge in [0.1, 0.15) is 18.2 Å². The summed E-state index contributed by atoms with van der Waals surface area (Å²) >= 11 is 0. The van der Waals surface area contributed by atoms with Crippen LogP contribution in [0.2, 0.25) is 0 Å². The summed E-state index contributed by atoms with van der Waals surface area (Å²) in [5.41, 5.74) is 0.443. The number of carbonyl (C=O) groups excluding carboxylic acids is 1. The van der Waals surface area contributed by atoms with Gasteiger partial charge in [0, 0.05) is 12.1 Å². The number of halogens is 1. The molecule has 0 saturated carbocycles. The molecule has 1 saturated heterocycles. The number of nitrogens with one attached hydrogen (secondary N) is 1. The van der Waals surface area contributed by atoms with Crippen LogP contribution in [0.25, 0.3) is 0 Å². The van der Waals surface area contributed by atoms with Gasteiger partial charge in [-0.3, -0.25) is 4.79 Å². The van der Waals surface area contributed by atoms with E-state index in [1.54, 1.807) is 0 Å². The molecule has 2 atom stereocenters. The van der Waals surface area contributed by atoms with Gasteiger partial charge >= 0.3 is 0 Å². The third-order valence-electron chi connectivity index (χ3n) is 3.92. The monoisotopic (exact) mass is 290 g/mol. The zero-order valence-electron chi connectivity index (χ0n) is 12.2. The minimum Gasteiger partial charge on any atom is -0.479 e. The third-order valence-corrected chi connectivity index (χ3v) is 3.92. The summed E-state index contributed by atoms with van der Waals surface area (Å²) in [7, 11) is 2.00. The van der Waals surface area contributed by atoms with Crippen LogP contribution < -0.4 is 10.1 Å². The van der Waals surface area contributed by atoms with E-state index in [-0.39, 0.29) is 30.2 Å². The van der Waals surface area contributed by atoms with Gasteiger partial charge in [-0.05, 0) is 39.1 Å². The van der Waals surface area contributed by atoms with E-state index in [1.807, 2.05) is 14.0 Å². The van der Waals surface area contributed by atoms with Gasteiger partial charge in [0.05, 0.1) is 11.6 Å². The maximum Gasteiger partial charge on any atom is 0.229 e. The first-order chi connectivity index (χ1) is 10.0. The van der Waals surface area contributed by atoms with Gasteiger partial charge in [-0.2, -0.15) is 0 Å². The second kappa shape index (κ2) is 6.59. The molecule has 1 aromatic rings. The van der Waals surface area contributed by atoms with Crippen LogP contribution in [0.1, 0.15) is 13.3 Å². The molecule has 0 aliphatic carbocycles. The normalized spacial score (nSPS) is 21.8. The van der Waals surface area contributed by atoms with Crippen LogP contribution in [-0.4, -0.2) is 37.0 Å². The Labute approximate surface area is 124 Å². The molecule has 5 heteroatoms. The summed E-state index contributed by atoms with van der Waals surface area (Å²) in [6.45, 7) is 2.94. The minimum absolute atomic E-state index is 0.0227. The Bertz CT molecular complexity index is 568. The van der Waals surface area contributed by atoms with Crippen molar-refractivity contribution in [3.05, 3.63) is 24.0 Å². The van der Waals surface area contributed by atoms with Gasteiger partial charge in [0.25, 0.3) is 0 Å².